The lowest BCUT2D eigenvalue weighted by molar-refractivity contribution is 0.340. The number of hydrogen-bond donors (Lipinski definition) is 1. The number of rotatable bonds is 6. The van der Waals surface area contributed by atoms with Crippen molar-refractivity contribution in [2.45, 2.75) is 6.92 Å². The molecule has 0 saturated heterocycles. The summed E-state index contributed by atoms with van der Waals surface area (Å²) in [4.78, 5) is 8.23. The molecule has 0 radical (unpaired) electrons. The maximum atomic E-state index is 5.55. The zero-order chi connectivity index (χ0) is 18.5. The lowest BCUT2D eigenvalue weighted by Crippen LogP contribution is -1.91. The Labute approximate surface area is 158 Å². The fraction of sp³-hybridized carbons (Fsp3) is 0.0870. The van der Waals surface area contributed by atoms with Gasteiger partial charge in [0.25, 0.3) is 0 Å². The highest BCUT2D eigenvalue weighted by atomic mass is 16.5. The van der Waals surface area contributed by atoms with Crippen LogP contribution in [0.15, 0.2) is 77.4 Å². The largest absolute Gasteiger partial charge is 0.494 e. The van der Waals surface area contributed by atoms with Crippen LogP contribution in [-0.4, -0.2) is 16.6 Å². The molecule has 0 aliphatic heterocycles. The number of H-pyrrole nitrogens is 1. The standard InChI is InChI=1S/C23H20N2O2/c1-2-26-20-12-10-18(11-13-20)23-22(17-7-4-3-5-8-17)24-21(25-23)15-14-19-9-6-16-27-19/h3-16H,2H2,1H3,(H,24,25). The zero-order valence-electron chi connectivity index (χ0n) is 15.1. The van der Waals surface area contributed by atoms with E-state index in [-0.39, 0.29) is 0 Å². The lowest BCUT2D eigenvalue weighted by Gasteiger charge is -2.06. The van der Waals surface area contributed by atoms with Gasteiger partial charge in [0.1, 0.15) is 17.3 Å². The minimum absolute atomic E-state index is 0.653. The summed E-state index contributed by atoms with van der Waals surface area (Å²) in [6, 6.07) is 22.0. The summed E-state index contributed by atoms with van der Waals surface area (Å²) in [7, 11) is 0. The number of nitrogens with zero attached hydrogens (tertiary/aromatic N) is 1. The van der Waals surface area contributed by atoms with Crippen LogP contribution in [0.1, 0.15) is 18.5 Å². The van der Waals surface area contributed by atoms with Crippen LogP contribution < -0.4 is 4.74 Å². The number of hydrogen-bond acceptors (Lipinski definition) is 3. The molecule has 0 bridgehead atoms. The second-order valence-corrected chi connectivity index (χ2v) is 6.02. The molecule has 0 spiro atoms. The molecule has 2 aromatic carbocycles. The van der Waals surface area contributed by atoms with Crippen LogP contribution >= 0.6 is 0 Å². The summed E-state index contributed by atoms with van der Waals surface area (Å²) in [6.45, 7) is 2.63. The molecule has 4 rings (SSSR count). The summed E-state index contributed by atoms with van der Waals surface area (Å²) in [6.07, 6.45) is 5.47. The van der Waals surface area contributed by atoms with Gasteiger partial charge in [0, 0.05) is 11.1 Å². The Morgan fingerprint density at radius 3 is 2.44 bits per heavy atom. The monoisotopic (exact) mass is 356 g/mol. The Morgan fingerprint density at radius 2 is 1.74 bits per heavy atom. The van der Waals surface area contributed by atoms with Gasteiger partial charge in [-0.05, 0) is 55.5 Å². The van der Waals surface area contributed by atoms with Crippen LogP contribution in [0.25, 0.3) is 34.7 Å². The molecule has 0 atom stereocenters. The Morgan fingerprint density at radius 1 is 0.926 bits per heavy atom. The summed E-state index contributed by atoms with van der Waals surface area (Å²) < 4.78 is 10.9. The van der Waals surface area contributed by atoms with Gasteiger partial charge in [0.2, 0.25) is 0 Å². The van der Waals surface area contributed by atoms with Gasteiger partial charge in [-0.3, -0.25) is 0 Å². The SMILES string of the molecule is CCOc1ccc(-c2[nH]c(C=Cc3ccco3)nc2-c2ccccc2)cc1. The molecule has 0 saturated carbocycles. The predicted octanol–water partition coefficient (Wildman–Crippen LogP) is 5.91. The van der Waals surface area contributed by atoms with E-state index in [0.29, 0.717) is 6.61 Å². The highest BCUT2D eigenvalue weighted by Crippen LogP contribution is 2.31. The predicted molar refractivity (Wildman–Crippen MR) is 108 cm³/mol. The minimum Gasteiger partial charge on any atom is -0.494 e. The molecule has 4 nitrogen and oxygen atoms in total. The van der Waals surface area contributed by atoms with Crippen molar-refractivity contribution in [1.82, 2.24) is 9.97 Å². The van der Waals surface area contributed by atoms with Crippen LogP contribution in [-0.2, 0) is 0 Å². The van der Waals surface area contributed by atoms with E-state index in [0.717, 1.165) is 39.8 Å². The van der Waals surface area contributed by atoms with Gasteiger partial charge >= 0.3 is 0 Å². The van der Waals surface area contributed by atoms with Crippen molar-refractivity contribution in [1.29, 1.82) is 0 Å². The van der Waals surface area contributed by atoms with Gasteiger partial charge in [-0.25, -0.2) is 4.98 Å². The highest BCUT2D eigenvalue weighted by molar-refractivity contribution is 5.80. The van der Waals surface area contributed by atoms with E-state index in [1.54, 1.807) is 6.26 Å². The van der Waals surface area contributed by atoms with Crippen molar-refractivity contribution >= 4 is 12.2 Å². The Bertz CT molecular complexity index is 1010. The Hall–Kier alpha value is -3.53. The molecule has 2 heterocycles. The molecule has 0 fully saturated rings. The van der Waals surface area contributed by atoms with Crippen LogP contribution in [0.5, 0.6) is 5.75 Å². The van der Waals surface area contributed by atoms with E-state index in [2.05, 4.69) is 17.1 Å². The number of nitrogens with one attached hydrogen (secondary N) is 1. The van der Waals surface area contributed by atoms with Crippen LogP contribution in [0.4, 0.5) is 0 Å². The van der Waals surface area contributed by atoms with Gasteiger partial charge < -0.3 is 14.1 Å². The van der Waals surface area contributed by atoms with Gasteiger partial charge in [-0.2, -0.15) is 0 Å². The maximum Gasteiger partial charge on any atom is 0.131 e. The molecule has 2 aromatic heterocycles. The first kappa shape index (κ1) is 16.9. The molecule has 0 amide bonds. The van der Waals surface area contributed by atoms with Crippen molar-refractivity contribution in [3.8, 4) is 28.3 Å². The van der Waals surface area contributed by atoms with E-state index in [4.69, 9.17) is 14.1 Å². The smallest absolute Gasteiger partial charge is 0.131 e. The third kappa shape index (κ3) is 3.85. The van der Waals surface area contributed by atoms with Crippen LogP contribution in [0.3, 0.4) is 0 Å². The first-order chi connectivity index (χ1) is 13.3. The summed E-state index contributed by atoms with van der Waals surface area (Å²) in [5.41, 5.74) is 4.01. The van der Waals surface area contributed by atoms with Crippen molar-refractivity contribution in [3.63, 3.8) is 0 Å². The number of ether oxygens (including phenoxy) is 1. The number of aromatic amines is 1. The summed E-state index contributed by atoms with van der Waals surface area (Å²) in [5, 5.41) is 0. The van der Waals surface area contributed by atoms with Crippen molar-refractivity contribution in [3.05, 3.63) is 84.6 Å². The molecule has 0 aliphatic rings. The molecular formula is C23H20N2O2. The maximum absolute atomic E-state index is 5.55. The van der Waals surface area contributed by atoms with Crippen molar-refractivity contribution in [2.75, 3.05) is 6.61 Å². The number of aromatic nitrogens is 2. The van der Waals surface area contributed by atoms with Gasteiger partial charge in [0.15, 0.2) is 0 Å². The average Bonchev–Trinajstić information content (AvgIpc) is 3.38. The van der Waals surface area contributed by atoms with E-state index < -0.39 is 0 Å². The topological polar surface area (TPSA) is 51.0 Å². The Balaban J connectivity index is 1.74. The van der Waals surface area contributed by atoms with Crippen LogP contribution in [0, 0.1) is 0 Å². The van der Waals surface area contributed by atoms with E-state index >= 15 is 0 Å². The fourth-order valence-electron chi connectivity index (χ4n) is 2.92. The molecule has 1 N–H and O–H groups in total. The van der Waals surface area contributed by atoms with E-state index in [9.17, 15) is 0 Å². The normalized spacial score (nSPS) is 11.1. The quantitative estimate of drug-likeness (QED) is 0.467. The second-order valence-electron chi connectivity index (χ2n) is 6.02. The van der Waals surface area contributed by atoms with Crippen molar-refractivity contribution in [2.24, 2.45) is 0 Å². The molecule has 0 unspecified atom stereocenters. The number of benzene rings is 2. The third-order valence-corrected chi connectivity index (χ3v) is 4.17. The molecule has 0 aliphatic carbocycles. The second kappa shape index (κ2) is 7.79. The summed E-state index contributed by atoms with van der Waals surface area (Å²) in [5.74, 6) is 2.42. The summed E-state index contributed by atoms with van der Waals surface area (Å²) >= 11 is 0. The van der Waals surface area contributed by atoms with E-state index in [1.165, 1.54) is 0 Å². The minimum atomic E-state index is 0.653. The molecule has 134 valence electrons. The van der Waals surface area contributed by atoms with E-state index in [1.807, 2.05) is 73.7 Å². The van der Waals surface area contributed by atoms with Crippen LogP contribution in [0.2, 0.25) is 0 Å². The first-order valence-electron chi connectivity index (χ1n) is 8.94. The zero-order valence-corrected chi connectivity index (χ0v) is 15.1. The number of imidazole rings is 1. The lowest BCUT2D eigenvalue weighted by atomic mass is 10.1. The molecular weight excluding hydrogens is 336 g/mol. The van der Waals surface area contributed by atoms with Crippen molar-refractivity contribution < 1.29 is 9.15 Å². The molecule has 4 heteroatoms. The molecule has 4 aromatic rings. The first-order valence-corrected chi connectivity index (χ1v) is 8.94. The third-order valence-electron chi connectivity index (χ3n) is 4.17. The fourth-order valence-corrected chi connectivity index (χ4v) is 2.92. The van der Waals surface area contributed by atoms with Gasteiger partial charge in [-0.15, -0.1) is 0 Å². The van der Waals surface area contributed by atoms with Gasteiger partial charge in [-0.1, -0.05) is 30.3 Å². The van der Waals surface area contributed by atoms with Gasteiger partial charge in [0.05, 0.1) is 24.3 Å². The highest BCUT2D eigenvalue weighted by Gasteiger charge is 2.13. The average molecular weight is 356 g/mol. The number of furan rings is 1. The Kier molecular flexibility index (Phi) is 4.88. The molecule has 27 heavy (non-hydrogen) atoms.